The average Bonchev–Trinajstić information content (AvgIpc) is 3.00. The Labute approximate surface area is 124 Å². The number of nitrogens with one attached hydrogen (secondary N) is 1. The maximum absolute atomic E-state index is 12.1. The summed E-state index contributed by atoms with van der Waals surface area (Å²) in [5.74, 6) is -0.0572. The molecular weight excluding hydrogens is 292 g/mol. The number of imidazole rings is 1. The third-order valence-electron chi connectivity index (χ3n) is 3.63. The maximum atomic E-state index is 12.1. The Morgan fingerprint density at radius 1 is 1.68 bits per heavy atom. The third kappa shape index (κ3) is 2.21. The van der Waals surface area contributed by atoms with Gasteiger partial charge in [0, 0.05) is 6.42 Å². The smallest absolute Gasteiger partial charge is 0.313 e. The predicted octanol–water partition coefficient (Wildman–Crippen LogP) is -2.24. The highest BCUT2D eigenvalue weighted by Gasteiger charge is 2.38. The van der Waals surface area contributed by atoms with Crippen molar-refractivity contribution in [2.75, 3.05) is 12.3 Å². The summed E-state index contributed by atoms with van der Waals surface area (Å²) >= 11 is 0. The second-order valence-electron chi connectivity index (χ2n) is 5.05. The average molecular weight is 307 g/mol. The lowest BCUT2D eigenvalue weighted by molar-refractivity contribution is -0.739. The number of nitrogens with two attached hydrogens (primary N) is 1. The van der Waals surface area contributed by atoms with Crippen LogP contribution >= 0.6 is 0 Å². The van der Waals surface area contributed by atoms with Crippen molar-refractivity contribution in [3.8, 4) is 6.07 Å². The molecule has 3 heterocycles. The molecular formula is C12H15N6O4+. The van der Waals surface area contributed by atoms with Gasteiger partial charge < -0.3 is 20.7 Å². The second kappa shape index (κ2) is 5.38. The summed E-state index contributed by atoms with van der Waals surface area (Å²) in [7, 11) is 0. The van der Waals surface area contributed by atoms with Crippen LogP contribution in [-0.2, 0) is 11.3 Å². The van der Waals surface area contributed by atoms with Gasteiger partial charge in [0.2, 0.25) is 5.52 Å². The predicted molar refractivity (Wildman–Crippen MR) is 72.2 cm³/mol. The SMILES string of the molecule is N#CCn1c[n+]([C@H]2C[C@H](O)[C@@H](CO)O2)c2nc(N)[nH]c(=O)c21. The molecule has 0 aromatic carbocycles. The van der Waals surface area contributed by atoms with Crippen molar-refractivity contribution in [1.82, 2.24) is 14.5 Å². The van der Waals surface area contributed by atoms with Gasteiger partial charge in [0.1, 0.15) is 12.2 Å². The van der Waals surface area contributed by atoms with Crippen LogP contribution in [0.3, 0.4) is 0 Å². The van der Waals surface area contributed by atoms with Crippen LogP contribution in [0.5, 0.6) is 0 Å². The van der Waals surface area contributed by atoms with Crippen LogP contribution in [0.15, 0.2) is 11.1 Å². The van der Waals surface area contributed by atoms with Crippen molar-refractivity contribution >= 4 is 17.1 Å². The molecule has 0 saturated carbocycles. The van der Waals surface area contributed by atoms with E-state index in [1.807, 2.05) is 6.07 Å². The lowest BCUT2D eigenvalue weighted by Gasteiger charge is -2.10. The van der Waals surface area contributed by atoms with Gasteiger partial charge in [-0.3, -0.25) is 9.78 Å². The number of aliphatic hydroxyl groups excluding tert-OH is 2. The molecule has 0 amide bonds. The minimum atomic E-state index is -0.823. The van der Waals surface area contributed by atoms with Crippen LogP contribution in [0.1, 0.15) is 12.6 Å². The number of ether oxygens (including phenoxy) is 1. The number of fused-ring (bicyclic) bond motifs is 1. The molecule has 10 nitrogen and oxygen atoms in total. The summed E-state index contributed by atoms with van der Waals surface area (Å²) in [5, 5.41) is 27.9. The van der Waals surface area contributed by atoms with E-state index in [2.05, 4.69) is 9.97 Å². The molecule has 0 bridgehead atoms. The molecule has 1 aliphatic heterocycles. The van der Waals surface area contributed by atoms with Gasteiger partial charge in [0.05, 0.1) is 12.7 Å². The molecule has 1 aliphatic rings. The van der Waals surface area contributed by atoms with E-state index in [1.54, 1.807) is 0 Å². The van der Waals surface area contributed by atoms with Gasteiger partial charge in [-0.1, -0.05) is 4.98 Å². The number of hydrogen-bond acceptors (Lipinski definition) is 7. The highest BCUT2D eigenvalue weighted by Crippen LogP contribution is 2.25. The molecule has 22 heavy (non-hydrogen) atoms. The fraction of sp³-hybridized carbons (Fsp3) is 0.500. The van der Waals surface area contributed by atoms with E-state index in [-0.39, 0.29) is 36.7 Å². The fourth-order valence-corrected chi connectivity index (χ4v) is 2.63. The van der Waals surface area contributed by atoms with E-state index in [1.165, 1.54) is 15.5 Å². The number of H-pyrrole nitrogens is 1. The minimum Gasteiger partial charge on any atom is -0.394 e. The number of aliphatic hydroxyl groups is 2. The fourth-order valence-electron chi connectivity index (χ4n) is 2.63. The van der Waals surface area contributed by atoms with Crippen molar-refractivity contribution in [1.29, 1.82) is 5.26 Å². The number of aromatic amines is 1. The van der Waals surface area contributed by atoms with E-state index in [9.17, 15) is 9.90 Å². The summed E-state index contributed by atoms with van der Waals surface area (Å²) < 4.78 is 8.53. The quantitative estimate of drug-likeness (QED) is 0.467. The largest absolute Gasteiger partial charge is 0.394 e. The van der Waals surface area contributed by atoms with Gasteiger partial charge in [-0.2, -0.15) is 5.26 Å². The second-order valence-corrected chi connectivity index (χ2v) is 5.05. The number of nitriles is 1. The molecule has 2 aromatic heterocycles. The highest BCUT2D eigenvalue weighted by molar-refractivity contribution is 5.67. The zero-order valence-electron chi connectivity index (χ0n) is 11.5. The number of nitrogen functional groups attached to an aromatic ring is 1. The number of rotatable bonds is 3. The Kier molecular flexibility index (Phi) is 3.53. The molecule has 0 spiro atoms. The van der Waals surface area contributed by atoms with Crippen molar-refractivity contribution in [3.63, 3.8) is 0 Å². The Morgan fingerprint density at radius 2 is 2.45 bits per heavy atom. The van der Waals surface area contributed by atoms with Crippen LogP contribution in [0.4, 0.5) is 5.95 Å². The van der Waals surface area contributed by atoms with Gasteiger partial charge in [-0.25, -0.2) is 9.13 Å². The first-order valence-corrected chi connectivity index (χ1v) is 6.66. The van der Waals surface area contributed by atoms with Crippen molar-refractivity contribution < 1.29 is 19.5 Å². The molecule has 1 fully saturated rings. The topological polar surface area (TPSA) is 154 Å². The number of anilines is 1. The van der Waals surface area contributed by atoms with Gasteiger partial charge in [0.15, 0.2) is 19.1 Å². The molecule has 116 valence electrons. The van der Waals surface area contributed by atoms with E-state index >= 15 is 0 Å². The van der Waals surface area contributed by atoms with Crippen molar-refractivity contribution in [2.45, 2.75) is 31.4 Å². The van der Waals surface area contributed by atoms with Crippen LogP contribution in [0, 0.1) is 11.3 Å². The number of nitrogens with zero attached hydrogens (tertiary/aromatic N) is 4. The standard InChI is InChI=1S/C12H14N6O4/c13-1-2-17-5-18(8-3-6(20)7(4-19)22-8)10-9(17)11(21)16-12(14)15-10/h5-8,19-20H,2-4H2,(H2-,14,15,16,21)/p+1/t6-,7+,8+/m0/s1. The van der Waals surface area contributed by atoms with Gasteiger partial charge in [-0.05, 0) is 0 Å². The summed E-state index contributed by atoms with van der Waals surface area (Å²) in [6, 6.07) is 1.96. The van der Waals surface area contributed by atoms with Gasteiger partial charge >= 0.3 is 5.65 Å². The molecule has 5 N–H and O–H groups in total. The molecule has 0 radical (unpaired) electrons. The van der Waals surface area contributed by atoms with E-state index in [0.717, 1.165) is 0 Å². The van der Waals surface area contributed by atoms with Crippen LogP contribution < -0.4 is 15.9 Å². The van der Waals surface area contributed by atoms with Gasteiger partial charge in [-0.15, -0.1) is 0 Å². The Hall–Kier alpha value is -2.48. The van der Waals surface area contributed by atoms with Crippen LogP contribution in [0.2, 0.25) is 0 Å². The Bertz CT molecular complexity index is 806. The lowest BCUT2D eigenvalue weighted by Crippen LogP contribution is -2.39. The monoisotopic (exact) mass is 307 g/mol. The van der Waals surface area contributed by atoms with Crippen LogP contribution in [0.25, 0.3) is 11.2 Å². The molecule has 1 saturated heterocycles. The van der Waals surface area contributed by atoms with Crippen molar-refractivity contribution in [2.24, 2.45) is 0 Å². The number of hydrogen-bond donors (Lipinski definition) is 4. The zero-order chi connectivity index (χ0) is 15.9. The minimum absolute atomic E-state index is 0.0448. The summed E-state index contributed by atoms with van der Waals surface area (Å²) in [5.41, 5.74) is 5.56. The highest BCUT2D eigenvalue weighted by atomic mass is 16.5. The molecule has 3 rings (SSSR count). The van der Waals surface area contributed by atoms with Crippen LogP contribution in [-0.4, -0.2) is 43.6 Å². The molecule has 10 heteroatoms. The van der Waals surface area contributed by atoms with Crippen molar-refractivity contribution in [3.05, 3.63) is 16.7 Å². The zero-order valence-corrected chi connectivity index (χ0v) is 11.5. The first-order valence-electron chi connectivity index (χ1n) is 6.66. The Morgan fingerprint density at radius 3 is 3.09 bits per heavy atom. The van der Waals surface area contributed by atoms with Gasteiger partial charge in [0.25, 0.3) is 11.5 Å². The van der Waals surface area contributed by atoms with E-state index < -0.39 is 24.0 Å². The summed E-state index contributed by atoms with van der Waals surface area (Å²) in [6.07, 6.45) is -0.381. The van der Waals surface area contributed by atoms with E-state index in [0.29, 0.717) is 0 Å². The summed E-state index contributed by atoms with van der Waals surface area (Å²) in [4.78, 5) is 18.5. The Balaban J connectivity index is 2.14. The molecule has 3 atom stereocenters. The molecule has 0 unspecified atom stereocenters. The third-order valence-corrected chi connectivity index (χ3v) is 3.63. The first-order chi connectivity index (χ1) is 10.5. The molecule has 2 aromatic rings. The lowest BCUT2D eigenvalue weighted by atomic mass is 10.2. The number of aromatic nitrogens is 4. The maximum Gasteiger partial charge on any atom is 0.313 e. The first kappa shape index (κ1) is 14.5. The summed E-state index contributed by atoms with van der Waals surface area (Å²) in [6.45, 7) is -0.359. The molecule has 0 aliphatic carbocycles. The van der Waals surface area contributed by atoms with E-state index in [4.69, 9.17) is 20.8 Å². The normalized spacial score (nSPS) is 24.7.